The minimum atomic E-state index is -0.665. The minimum absolute atomic E-state index is 0. The fourth-order valence-corrected chi connectivity index (χ4v) is 1.06. The summed E-state index contributed by atoms with van der Waals surface area (Å²) < 4.78 is 0. The Morgan fingerprint density at radius 3 is 2.70 bits per heavy atom. The Kier molecular flexibility index (Phi) is 6.29. The van der Waals surface area contributed by atoms with Crippen LogP contribution in [0.3, 0.4) is 0 Å². The molecular weight excluding hydrogens is 157 g/mol. The van der Waals surface area contributed by atoms with Crippen molar-refractivity contribution in [3.8, 4) is 0 Å². The SMILES string of the molecule is O=C(O)C1CCCNC1.[H-].[K+]. The van der Waals surface area contributed by atoms with Crippen molar-refractivity contribution in [1.82, 2.24) is 5.32 Å². The van der Waals surface area contributed by atoms with E-state index in [1.54, 1.807) is 0 Å². The maximum Gasteiger partial charge on any atom is 1.00 e. The molecule has 0 radical (unpaired) electrons. The zero-order valence-corrected chi connectivity index (χ0v) is 9.38. The van der Waals surface area contributed by atoms with E-state index in [0.29, 0.717) is 6.54 Å². The third-order valence-electron chi connectivity index (χ3n) is 1.65. The first kappa shape index (κ1) is 11.1. The van der Waals surface area contributed by atoms with Gasteiger partial charge in [-0.2, -0.15) is 0 Å². The summed E-state index contributed by atoms with van der Waals surface area (Å²) in [4.78, 5) is 10.3. The van der Waals surface area contributed by atoms with Crippen molar-refractivity contribution in [3.63, 3.8) is 0 Å². The first-order valence-corrected chi connectivity index (χ1v) is 3.24. The normalized spacial score (nSPS) is 25.0. The summed E-state index contributed by atoms with van der Waals surface area (Å²) in [7, 11) is 0. The number of piperidine rings is 1. The number of carboxylic acids is 1. The third kappa shape index (κ3) is 3.46. The molecule has 1 saturated heterocycles. The van der Waals surface area contributed by atoms with Gasteiger partial charge in [0, 0.05) is 6.54 Å². The molecule has 1 fully saturated rings. The fourth-order valence-electron chi connectivity index (χ4n) is 1.06. The van der Waals surface area contributed by atoms with Gasteiger partial charge in [-0.1, -0.05) is 0 Å². The Morgan fingerprint density at radius 2 is 2.40 bits per heavy atom. The summed E-state index contributed by atoms with van der Waals surface area (Å²) in [6.07, 6.45) is 1.83. The Bertz CT molecular complexity index is 117. The van der Waals surface area contributed by atoms with Crippen LogP contribution in [0.5, 0.6) is 0 Å². The van der Waals surface area contributed by atoms with Crippen LogP contribution in [0.2, 0.25) is 0 Å². The van der Waals surface area contributed by atoms with E-state index in [9.17, 15) is 4.79 Å². The first-order valence-electron chi connectivity index (χ1n) is 3.24. The molecular formula is C6H12KNO2. The van der Waals surface area contributed by atoms with Gasteiger partial charge in [0.25, 0.3) is 0 Å². The van der Waals surface area contributed by atoms with Gasteiger partial charge in [0.15, 0.2) is 0 Å². The zero-order chi connectivity index (χ0) is 6.69. The van der Waals surface area contributed by atoms with Crippen molar-refractivity contribution in [2.75, 3.05) is 13.1 Å². The van der Waals surface area contributed by atoms with Crippen LogP contribution in [-0.2, 0) is 4.79 Å². The van der Waals surface area contributed by atoms with Crippen molar-refractivity contribution >= 4 is 5.97 Å². The standard InChI is InChI=1S/C6H11NO2.K.H/c8-6(9)5-2-1-3-7-4-5;;/h5,7H,1-4H2,(H,8,9);;/q;+1;-1. The van der Waals surface area contributed by atoms with Gasteiger partial charge in [0.05, 0.1) is 5.92 Å². The second-order valence-electron chi connectivity index (χ2n) is 2.38. The van der Waals surface area contributed by atoms with Crippen LogP contribution < -0.4 is 56.7 Å². The average molecular weight is 169 g/mol. The van der Waals surface area contributed by atoms with Crippen LogP contribution in [0.25, 0.3) is 0 Å². The van der Waals surface area contributed by atoms with Crippen LogP contribution >= 0.6 is 0 Å². The van der Waals surface area contributed by atoms with E-state index in [2.05, 4.69) is 5.32 Å². The Balaban J connectivity index is 0. The third-order valence-corrected chi connectivity index (χ3v) is 1.65. The molecule has 2 N–H and O–H groups in total. The maximum absolute atomic E-state index is 10.3. The van der Waals surface area contributed by atoms with Crippen LogP contribution in [0.15, 0.2) is 0 Å². The molecule has 0 bridgehead atoms. The minimum Gasteiger partial charge on any atom is -1.00 e. The van der Waals surface area contributed by atoms with E-state index in [0.717, 1.165) is 19.4 Å². The van der Waals surface area contributed by atoms with Crippen molar-refractivity contribution in [1.29, 1.82) is 0 Å². The summed E-state index contributed by atoms with van der Waals surface area (Å²) in [5, 5.41) is 11.5. The molecule has 0 aliphatic carbocycles. The van der Waals surface area contributed by atoms with Crippen molar-refractivity contribution in [3.05, 3.63) is 0 Å². The number of rotatable bonds is 1. The van der Waals surface area contributed by atoms with Gasteiger partial charge in [-0.05, 0) is 19.4 Å². The second kappa shape index (κ2) is 5.68. The number of nitrogens with one attached hydrogen (secondary N) is 1. The number of aliphatic carboxylic acids is 1. The molecule has 0 spiro atoms. The first-order chi connectivity index (χ1) is 4.30. The molecule has 1 atom stereocenters. The molecule has 54 valence electrons. The monoisotopic (exact) mass is 169 g/mol. The predicted octanol–water partition coefficient (Wildman–Crippen LogP) is -2.81. The zero-order valence-electron chi connectivity index (χ0n) is 7.26. The Morgan fingerprint density at radius 1 is 1.70 bits per heavy atom. The molecule has 0 aromatic heterocycles. The molecule has 0 amide bonds. The number of hydrogen-bond acceptors (Lipinski definition) is 2. The van der Waals surface area contributed by atoms with Gasteiger partial charge < -0.3 is 11.8 Å². The molecule has 3 nitrogen and oxygen atoms in total. The van der Waals surface area contributed by atoms with Gasteiger partial charge in [0.2, 0.25) is 0 Å². The quantitative estimate of drug-likeness (QED) is 0.417. The van der Waals surface area contributed by atoms with Crippen LogP contribution in [0.4, 0.5) is 0 Å². The van der Waals surface area contributed by atoms with E-state index in [-0.39, 0.29) is 58.7 Å². The smallest absolute Gasteiger partial charge is 1.00 e. The topological polar surface area (TPSA) is 49.3 Å². The molecule has 0 saturated carbocycles. The number of carbonyl (C=O) groups is 1. The number of hydrogen-bond donors (Lipinski definition) is 2. The van der Waals surface area contributed by atoms with Crippen LogP contribution in [0.1, 0.15) is 14.3 Å². The maximum atomic E-state index is 10.3. The van der Waals surface area contributed by atoms with Gasteiger partial charge in [0.1, 0.15) is 0 Å². The summed E-state index contributed by atoms with van der Waals surface area (Å²) >= 11 is 0. The summed E-state index contributed by atoms with van der Waals surface area (Å²) in [5.74, 6) is -0.805. The molecule has 0 aromatic rings. The van der Waals surface area contributed by atoms with Gasteiger partial charge in [-0.15, -0.1) is 0 Å². The summed E-state index contributed by atoms with van der Waals surface area (Å²) in [6.45, 7) is 1.62. The van der Waals surface area contributed by atoms with Crippen LogP contribution in [0, 0.1) is 5.92 Å². The van der Waals surface area contributed by atoms with E-state index in [1.165, 1.54) is 0 Å². The molecule has 1 rings (SSSR count). The van der Waals surface area contributed by atoms with Gasteiger partial charge >= 0.3 is 57.4 Å². The molecule has 0 aromatic carbocycles. The van der Waals surface area contributed by atoms with E-state index < -0.39 is 5.97 Å². The van der Waals surface area contributed by atoms with Crippen molar-refractivity contribution in [2.45, 2.75) is 12.8 Å². The average Bonchev–Trinajstić information content (AvgIpc) is 1.90. The summed E-state index contributed by atoms with van der Waals surface area (Å²) in [5.41, 5.74) is 0. The van der Waals surface area contributed by atoms with Gasteiger partial charge in [-0.3, -0.25) is 4.79 Å². The number of carboxylic acid groups (broad SMARTS) is 1. The van der Waals surface area contributed by atoms with E-state index in [1.807, 2.05) is 0 Å². The van der Waals surface area contributed by atoms with Crippen molar-refractivity contribution < 1.29 is 62.7 Å². The molecule has 1 heterocycles. The molecule has 10 heavy (non-hydrogen) atoms. The van der Waals surface area contributed by atoms with Crippen molar-refractivity contribution in [2.24, 2.45) is 5.92 Å². The fraction of sp³-hybridized carbons (Fsp3) is 0.833. The second-order valence-corrected chi connectivity index (χ2v) is 2.38. The van der Waals surface area contributed by atoms with E-state index >= 15 is 0 Å². The largest absolute Gasteiger partial charge is 1.00 e. The molecule has 1 aliphatic rings. The predicted molar refractivity (Wildman–Crippen MR) is 34.3 cm³/mol. The molecule has 4 heteroatoms. The van der Waals surface area contributed by atoms with Crippen LogP contribution in [-0.4, -0.2) is 24.2 Å². The summed E-state index contributed by atoms with van der Waals surface area (Å²) in [6, 6.07) is 0. The van der Waals surface area contributed by atoms with Gasteiger partial charge in [-0.25, -0.2) is 0 Å². The molecule has 1 aliphatic heterocycles. The Labute approximate surface area is 104 Å². The van der Waals surface area contributed by atoms with E-state index in [4.69, 9.17) is 5.11 Å². The molecule has 1 unspecified atom stereocenters. The Hall–Kier alpha value is 1.07.